The van der Waals surface area contributed by atoms with Crippen LogP contribution in [0, 0.1) is 10.1 Å². The number of nitro groups is 1. The summed E-state index contributed by atoms with van der Waals surface area (Å²) in [6.45, 7) is 0.617. The van der Waals surface area contributed by atoms with Crippen molar-refractivity contribution >= 4 is 43.2 Å². The maximum atomic E-state index is 10.8. The highest BCUT2D eigenvalue weighted by atomic mass is 79.9. The average molecular weight is 386 g/mol. The van der Waals surface area contributed by atoms with Crippen molar-refractivity contribution in [2.45, 2.75) is 6.54 Å². The molecule has 2 aromatic carbocycles. The van der Waals surface area contributed by atoms with Gasteiger partial charge in [-0.2, -0.15) is 0 Å². The number of hydrogen-bond donors (Lipinski definition) is 1. The lowest BCUT2D eigenvalue weighted by Crippen LogP contribution is -2.00. The molecule has 0 saturated carbocycles. The first-order valence-electron chi connectivity index (χ1n) is 5.48. The summed E-state index contributed by atoms with van der Waals surface area (Å²) in [5, 5.41) is 14.0. The lowest BCUT2D eigenvalue weighted by Gasteiger charge is -2.07. The van der Waals surface area contributed by atoms with Crippen LogP contribution in [-0.4, -0.2) is 4.92 Å². The Morgan fingerprint density at radius 2 is 1.79 bits per heavy atom. The van der Waals surface area contributed by atoms with Crippen molar-refractivity contribution < 1.29 is 4.92 Å². The van der Waals surface area contributed by atoms with Crippen LogP contribution in [0.25, 0.3) is 0 Å². The molecule has 0 aliphatic carbocycles. The van der Waals surface area contributed by atoms with Crippen LogP contribution in [0.1, 0.15) is 5.56 Å². The minimum atomic E-state index is -0.408. The van der Waals surface area contributed by atoms with Gasteiger partial charge in [-0.25, -0.2) is 0 Å². The molecule has 0 saturated heterocycles. The van der Waals surface area contributed by atoms with E-state index in [1.54, 1.807) is 12.1 Å². The van der Waals surface area contributed by atoms with Gasteiger partial charge in [-0.1, -0.05) is 28.1 Å². The highest BCUT2D eigenvalue weighted by Crippen LogP contribution is 2.28. The monoisotopic (exact) mass is 384 g/mol. The maximum Gasteiger partial charge on any atom is 0.285 e. The summed E-state index contributed by atoms with van der Waals surface area (Å²) in [4.78, 5) is 10.4. The van der Waals surface area contributed by atoms with Crippen LogP contribution in [0.2, 0.25) is 0 Å². The molecule has 0 bridgehead atoms. The molecule has 0 aliphatic rings. The maximum absolute atomic E-state index is 10.8. The molecule has 0 radical (unpaired) electrons. The number of anilines is 1. The molecule has 98 valence electrons. The van der Waals surface area contributed by atoms with Crippen LogP contribution in [0.5, 0.6) is 0 Å². The van der Waals surface area contributed by atoms with Crippen LogP contribution in [0.3, 0.4) is 0 Å². The van der Waals surface area contributed by atoms with Gasteiger partial charge in [0, 0.05) is 22.8 Å². The summed E-state index contributed by atoms with van der Waals surface area (Å²) in [7, 11) is 0. The summed E-state index contributed by atoms with van der Waals surface area (Å²) in [5.41, 5.74) is 1.88. The summed E-state index contributed by atoms with van der Waals surface area (Å²) >= 11 is 6.53. The van der Waals surface area contributed by atoms with Crippen molar-refractivity contribution in [3.8, 4) is 0 Å². The minimum Gasteiger partial charge on any atom is -0.381 e. The SMILES string of the molecule is O=[N+]([O-])c1cc(NCc2ccc(Br)cc2)ccc1Br. The Bertz CT molecular complexity index is 600. The highest BCUT2D eigenvalue weighted by molar-refractivity contribution is 9.10. The quantitative estimate of drug-likeness (QED) is 0.611. The molecule has 1 N–H and O–H groups in total. The van der Waals surface area contributed by atoms with Gasteiger partial charge in [0.05, 0.1) is 9.40 Å². The first-order valence-corrected chi connectivity index (χ1v) is 7.07. The van der Waals surface area contributed by atoms with E-state index in [1.807, 2.05) is 24.3 Å². The van der Waals surface area contributed by atoms with E-state index in [-0.39, 0.29) is 5.69 Å². The van der Waals surface area contributed by atoms with E-state index >= 15 is 0 Å². The number of halogens is 2. The molecular weight excluding hydrogens is 376 g/mol. The third kappa shape index (κ3) is 3.78. The van der Waals surface area contributed by atoms with E-state index in [4.69, 9.17) is 0 Å². The molecule has 0 fully saturated rings. The van der Waals surface area contributed by atoms with E-state index in [1.165, 1.54) is 6.07 Å². The van der Waals surface area contributed by atoms with Gasteiger partial charge < -0.3 is 5.32 Å². The molecule has 0 spiro atoms. The summed E-state index contributed by atoms with van der Waals surface area (Å²) in [6, 6.07) is 12.9. The predicted octanol–water partition coefficient (Wildman–Crippen LogP) is 4.73. The second kappa shape index (κ2) is 6.16. The standard InChI is InChI=1S/C13H10Br2N2O2/c14-10-3-1-9(2-4-10)8-16-11-5-6-12(15)13(7-11)17(18)19/h1-7,16H,8H2. The lowest BCUT2D eigenvalue weighted by molar-refractivity contribution is -0.385. The first kappa shape index (κ1) is 14.0. The summed E-state index contributed by atoms with van der Waals surface area (Å²) < 4.78 is 1.50. The number of nitrogens with zero attached hydrogens (tertiary/aromatic N) is 1. The smallest absolute Gasteiger partial charge is 0.285 e. The molecule has 0 heterocycles. The molecule has 19 heavy (non-hydrogen) atoms. The molecule has 0 atom stereocenters. The summed E-state index contributed by atoms with van der Waals surface area (Å²) in [6.07, 6.45) is 0. The number of nitro benzene ring substituents is 1. The molecule has 0 unspecified atom stereocenters. The first-order chi connectivity index (χ1) is 9.06. The molecule has 0 aromatic heterocycles. The molecule has 0 amide bonds. The zero-order valence-electron chi connectivity index (χ0n) is 9.77. The Kier molecular flexibility index (Phi) is 4.55. The molecule has 2 aromatic rings. The summed E-state index contributed by atoms with van der Waals surface area (Å²) in [5.74, 6) is 0. The van der Waals surface area contributed by atoms with Crippen molar-refractivity contribution in [3.63, 3.8) is 0 Å². The van der Waals surface area contributed by atoms with Crippen molar-refractivity contribution in [2.75, 3.05) is 5.32 Å². The van der Waals surface area contributed by atoms with Crippen molar-refractivity contribution in [2.24, 2.45) is 0 Å². The topological polar surface area (TPSA) is 55.2 Å². The highest BCUT2D eigenvalue weighted by Gasteiger charge is 2.11. The van der Waals surface area contributed by atoms with Gasteiger partial charge in [0.1, 0.15) is 0 Å². The number of hydrogen-bond acceptors (Lipinski definition) is 3. The zero-order valence-corrected chi connectivity index (χ0v) is 12.9. The Hall–Kier alpha value is -1.40. The number of benzene rings is 2. The van der Waals surface area contributed by atoms with Gasteiger partial charge in [-0.3, -0.25) is 10.1 Å². The van der Waals surface area contributed by atoms with Crippen LogP contribution < -0.4 is 5.32 Å². The third-order valence-electron chi connectivity index (χ3n) is 2.55. The normalized spacial score (nSPS) is 10.2. The molecular formula is C13H10Br2N2O2. The van der Waals surface area contributed by atoms with Gasteiger partial charge in [0.25, 0.3) is 5.69 Å². The Balaban J connectivity index is 2.09. The van der Waals surface area contributed by atoms with Gasteiger partial charge in [-0.05, 0) is 45.8 Å². The fourth-order valence-corrected chi connectivity index (χ4v) is 2.22. The van der Waals surface area contributed by atoms with Gasteiger partial charge in [0.15, 0.2) is 0 Å². The Morgan fingerprint density at radius 3 is 2.42 bits per heavy atom. The molecule has 6 heteroatoms. The van der Waals surface area contributed by atoms with E-state index in [9.17, 15) is 10.1 Å². The van der Waals surface area contributed by atoms with Crippen molar-refractivity contribution in [1.29, 1.82) is 0 Å². The van der Waals surface area contributed by atoms with E-state index in [0.29, 0.717) is 11.0 Å². The molecule has 0 aliphatic heterocycles. The van der Waals surface area contributed by atoms with Crippen molar-refractivity contribution in [1.82, 2.24) is 0 Å². The second-order valence-electron chi connectivity index (χ2n) is 3.90. The van der Waals surface area contributed by atoms with Crippen LogP contribution in [0.4, 0.5) is 11.4 Å². The molecule has 4 nitrogen and oxygen atoms in total. The number of nitrogens with one attached hydrogen (secondary N) is 1. The third-order valence-corrected chi connectivity index (χ3v) is 3.75. The fraction of sp³-hybridized carbons (Fsp3) is 0.0769. The Morgan fingerprint density at radius 1 is 1.11 bits per heavy atom. The van der Waals surface area contributed by atoms with Gasteiger partial charge in [0.2, 0.25) is 0 Å². The minimum absolute atomic E-state index is 0.0563. The van der Waals surface area contributed by atoms with Gasteiger partial charge in [-0.15, -0.1) is 0 Å². The van der Waals surface area contributed by atoms with E-state index < -0.39 is 4.92 Å². The van der Waals surface area contributed by atoms with Crippen LogP contribution >= 0.6 is 31.9 Å². The Labute approximate surface area is 127 Å². The van der Waals surface area contributed by atoms with Crippen LogP contribution in [0.15, 0.2) is 51.4 Å². The zero-order chi connectivity index (χ0) is 13.8. The molecule has 2 rings (SSSR count). The second-order valence-corrected chi connectivity index (χ2v) is 5.67. The largest absolute Gasteiger partial charge is 0.381 e. The van der Waals surface area contributed by atoms with Crippen LogP contribution in [-0.2, 0) is 6.54 Å². The average Bonchev–Trinajstić information content (AvgIpc) is 2.39. The lowest BCUT2D eigenvalue weighted by atomic mass is 10.2. The predicted molar refractivity (Wildman–Crippen MR) is 82.3 cm³/mol. The van der Waals surface area contributed by atoms with E-state index in [0.717, 1.165) is 15.7 Å². The number of rotatable bonds is 4. The van der Waals surface area contributed by atoms with Crippen molar-refractivity contribution in [3.05, 3.63) is 67.1 Å². The van der Waals surface area contributed by atoms with Gasteiger partial charge >= 0.3 is 0 Å². The fourth-order valence-electron chi connectivity index (χ4n) is 1.57. The van der Waals surface area contributed by atoms with E-state index in [2.05, 4.69) is 37.2 Å².